The van der Waals surface area contributed by atoms with Crippen LogP contribution < -0.4 is 0 Å². The highest BCUT2D eigenvalue weighted by Gasteiger charge is 2.30. The minimum Gasteiger partial charge on any atom is -0.290 e. The number of ketones is 3. The van der Waals surface area contributed by atoms with Gasteiger partial charge in [0, 0.05) is 11.1 Å². The molecular weight excluding hydrogens is 334 g/mol. The second-order valence-corrected chi connectivity index (χ2v) is 5.27. The standard InChI is InChI=1S/C16H8BrNO3/c17-13-14(18-9-5-7-10(19)8-6-9)16(21)12-4-2-1-3-11(12)15(13)20/h1-8H. The number of rotatable bonds is 1. The fourth-order valence-electron chi connectivity index (χ4n) is 2.08. The van der Waals surface area contributed by atoms with Gasteiger partial charge in [-0.2, -0.15) is 0 Å². The summed E-state index contributed by atoms with van der Waals surface area (Å²) in [5, 5.41) is 0. The molecule has 0 aliphatic heterocycles. The summed E-state index contributed by atoms with van der Waals surface area (Å²) in [6.45, 7) is 0. The Morgan fingerprint density at radius 2 is 1.38 bits per heavy atom. The molecule has 0 saturated heterocycles. The summed E-state index contributed by atoms with van der Waals surface area (Å²) in [6.07, 6.45) is 5.73. The summed E-state index contributed by atoms with van der Waals surface area (Å²) in [4.78, 5) is 40.0. The normalized spacial score (nSPS) is 17.4. The number of fused-ring (bicyclic) bond motifs is 1. The van der Waals surface area contributed by atoms with Crippen LogP contribution in [-0.2, 0) is 4.79 Å². The van der Waals surface area contributed by atoms with Crippen LogP contribution in [0.3, 0.4) is 0 Å². The maximum Gasteiger partial charge on any atom is 0.213 e. The van der Waals surface area contributed by atoms with E-state index in [4.69, 9.17) is 0 Å². The maximum absolute atomic E-state index is 12.4. The van der Waals surface area contributed by atoms with Gasteiger partial charge in [-0.05, 0) is 40.2 Å². The first kappa shape index (κ1) is 13.6. The summed E-state index contributed by atoms with van der Waals surface area (Å²) in [6, 6.07) is 6.62. The molecule has 0 aromatic heterocycles. The van der Waals surface area contributed by atoms with Gasteiger partial charge >= 0.3 is 0 Å². The van der Waals surface area contributed by atoms with E-state index >= 15 is 0 Å². The van der Waals surface area contributed by atoms with E-state index in [9.17, 15) is 14.4 Å². The molecule has 0 N–H and O–H groups in total. The van der Waals surface area contributed by atoms with Crippen LogP contribution in [0.15, 0.2) is 63.7 Å². The Morgan fingerprint density at radius 3 is 2.00 bits per heavy atom. The lowest BCUT2D eigenvalue weighted by atomic mass is 9.93. The zero-order valence-electron chi connectivity index (χ0n) is 10.7. The third kappa shape index (κ3) is 2.36. The number of aliphatic imine (C=N–C) groups is 1. The molecule has 0 fully saturated rings. The summed E-state index contributed by atoms with van der Waals surface area (Å²) in [5.74, 6) is -0.731. The zero-order chi connectivity index (χ0) is 15.0. The molecule has 1 aromatic rings. The quantitative estimate of drug-likeness (QED) is 0.738. The summed E-state index contributed by atoms with van der Waals surface area (Å²) < 4.78 is 0.136. The van der Waals surface area contributed by atoms with Gasteiger partial charge in [0.2, 0.25) is 11.6 Å². The van der Waals surface area contributed by atoms with E-state index < -0.39 is 0 Å². The predicted molar refractivity (Wildman–Crippen MR) is 81.8 cm³/mol. The molecule has 0 unspecified atom stereocenters. The van der Waals surface area contributed by atoms with Crippen molar-refractivity contribution in [3.05, 3.63) is 69.9 Å². The number of halogens is 1. The molecule has 0 atom stereocenters. The Balaban J connectivity index is 2.10. The molecule has 102 valence electrons. The van der Waals surface area contributed by atoms with E-state index in [2.05, 4.69) is 20.9 Å². The minimum absolute atomic E-state index is 0.0531. The molecule has 0 spiro atoms. The van der Waals surface area contributed by atoms with Crippen molar-refractivity contribution in [3.63, 3.8) is 0 Å². The third-order valence-electron chi connectivity index (χ3n) is 3.12. The van der Waals surface area contributed by atoms with Gasteiger partial charge in [-0.3, -0.25) is 14.4 Å². The summed E-state index contributed by atoms with van der Waals surface area (Å²) in [5.41, 5.74) is 1.20. The van der Waals surface area contributed by atoms with Gasteiger partial charge in [0.05, 0.1) is 10.2 Å². The van der Waals surface area contributed by atoms with Crippen molar-refractivity contribution in [2.75, 3.05) is 0 Å². The van der Waals surface area contributed by atoms with E-state index in [0.29, 0.717) is 16.8 Å². The van der Waals surface area contributed by atoms with Crippen molar-refractivity contribution in [2.45, 2.75) is 0 Å². The maximum atomic E-state index is 12.4. The van der Waals surface area contributed by atoms with Gasteiger partial charge in [0.25, 0.3) is 0 Å². The smallest absolute Gasteiger partial charge is 0.213 e. The SMILES string of the molecule is O=C1C=CC(=NC2=C(Br)C(=O)c3ccccc3C2=O)C=C1. The number of hydrogen-bond acceptors (Lipinski definition) is 4. The van der Waals surface area contributed by atoms with Crippen LogP contribution in [0.1, 0.15) is 20.7 Å². The summed E-state index contributed by atoms with van der Waals surface area (Å²) in [7, 11) is 0. The van der Waals surface area contributed by atoms with Crippen molar-refractivity contribution in [1.29, 1.82) is 0 Å². The molecule has 5 heteroatoms. The van der Waals surface area contributed by atoms with E-state index in [0.717, 1.165) is 0 Å². The first-order valence-electron chi connectivity index (χ1n) is 6.15. The lowest BCUT2D eigenvalue weighted by molar-refractivity contribution is -0.110. The average Bonchev–Trinajstić information content (AvgIpc) is 2.51. The zero-order valence-corrected chi connectivity index (χ0v) is 12.3. The highest BCUT2D eigenvalue weighted by atomic mass is 79.9. The number of nitrogens with zero attached hydrogens (tertiary/aromatic N) is 1. The summed E-state index contributed by atoms with van der Waals surface area (Å²) >= 11 is 3.16. The Bertz CT molecular complexity index is 795. The molecule has 0 heterocycles. The molecule has 2 aliphatic rings. The number of carbonyl (C=O) groups is 3. The fourth-order valence-corrected chi connectivity index (χ4v) is 2.56. The van der Waals surface area contributed by atoms with Gasteiger partial charge in [-0.1, -0.05) is 24.3 Å². The highest BCUT2D eigenvalue weighted by molar-refractivity contribution is 9.12. The van der Waals surface area contributed by atoms with Crippen LogP contribution in [0.5, 0.6) is 0 Å². The van der Waals surface area contributed by atoms with Gasteiger partial charge in [0.1, 0.15) is 5.70 Å². The number of carbonyl (C=O) groups excluding carboxylic acids is 3. The van der Waals surface area contributed by atoms with E-state index in [-0.39, 0.29) is 27.5 Å². The predicted octanol–water partition coefficient (Wildman–Crippen LogP) is 2.81. The van der Waals surface area contributed by atoms with E-state index in [1.807, 2.05) is 0 Å². The van der Waals surface area contributed by atoms with Crippen molar-refractivity contribution >= 4 is 39.0 Å². The van der Waals surface area contributed by atoms with E-state index in [1.54, 1.807) is 24.3 Å². The van der Waals surface area contributed by atoms with Crippen molar-refractivity contribution in [3.8, 4) is 0 Å². The molecule has 3 rings (SSSR count). The average molecular weight is 342 g/mol. The lowest BCUT2D eigenvalue weighted by Gasteiger charge is -2.15. The van der Waals surface area contributed by atoms with Gasteiger partial charge < -0.3 is 0 Å². The Labute approximate surface area is 128 Å². The monoisotopic (exact) mass is 341 g/mol. The van der Waals surface area contributed by atoms with Gasteiger partial charge in [0.15, 0.2) is 5.78 Å². The molecule has 0 saturated carbocycles. The van der Waals surface area contributed by atoms with Gasteiger partial charge in [-0.25, -0.2) is 4.99 Å². The lowest BCUT2D eigenvalue weighted by Crippen LogP contribution is -2.19. The number of allylic oxidation sites excluding steroid dienone is 6. The van der Waals surface area contributed by atoms with E-state index in [1.165, 1.54) is 24.3 Å². The topological polar surface area (TPSA) is 63.6 Å². The number of hydrogen-bond donors (Lipinski definition) is 0. The molecule has 1 aromatic carbocycles. The van der Waals surface area contributed by atoms with Crippen LogP contribution in [0.4, 0.5) is 0 Å². The van der Waals surface area contributed by atoms with Crippen molar-refractivity contribution < 1.29 is 14.4 Å². The first-order chi connectivity index (χ1) is 10.1. The Morgan fingerprint density at radius 1 is 0.810 bits per heavy atom. The molecule has 2 aliphatic carbocycles. The van der Waals surface area contributed by atoms with Crippen LogP contribution in [0.25, 0.3) is 0 Å². The highest BCUT2D eigenvalue weighted by Crippen LogP contribution is 2.30. The minimum atomic E-state index is -0.316. The molecule has 21 heavy (non-hydrogen) atoms. The first-order valence-corrected chi connectivity index (χ1v) is 6.94. The van der Waals surface area contributed by atoms with Crippen LogP contribution in [-0.4, -0.2) is 23.1 Å². The van der Waals surface area contributed by atoms with Crippen LogP contribution in [0.2, 0.25) is 0 Å². The Kier molecular flexibility index (Phi) is 3.35. The van der Waals surface area contributed by atoms with Crippen molar-refractivity contribution in [2.24, 2.45) is 4.99 Å². The van der Waals surface area contributed by atoms with Crippen LogP contribution in [0, 0.1) is 0 Å². The largest absolute Gasteiger partial charge is 0.290 e. The van der Waals surface area contributed by atoms with Gasteiger partial charge in [-0.15, -0.1) is 0 Å². The number of Topliss-reactive ketones (excluding diaryl/α,β-unsaturated/α-hetero) is 2. The molecular formula is C16H8BrNO3. The second kappa shape index (κ2) is 5.18. The fraction of sp³-hybridized carbons (Fsp3) is 0. The third-order valence-corrected chi connectivity index (χ3v) is 3.85. The molecule has 4 nitrogen and oxygen atoms in total. The molecule has 0 radical (unpaired) electrons. The second-order valence-electron chi connectivity index (χ2n) is 4.47. The molecule has 0 amide bonds. The number of benzene rings is 1. The Hall–Kier alpha value is -2.40. The molecule has 0 bridgehead atoms. The van der Waals surface area contributed by atoms with Crippen LogP contribution >= 0.6 is 15.9 Å². The van der Waals surface area contributed by atoms with Crippen molar-refractivity contribution in [1.82, 2.24) is 0 Å².